The van der Waals surface area contributed by atoms with Gasteiger partial charge in [-0.05, 0) is 13.3 Å². The van der Waals surface area contributed by atoms with Gasteiger partial charge >= 0.3 is 11.9 Å². The second-order valence-electron chi connectivity index (χ2n) is 3.06. The molecule has 14 heavy (non-hydrogen) atoms. The van der Waals surface area contributed by atoms with Gasteiger partial charge in [0.2, 0.25) is 0 Å². The molecule has 0 unspecified atom stereocenters. The molecule has 0 fully saturated rings. The summed E-state index contributed by atoms with van der Waals surface area (Å²) in [6.07, 6.45) is 3.95. The number of carbonyl (C=O) groups is 2. The number of hydrogen-bond donors (Lipinski definition) is 1. The minimum absolute atomic E-state index is 0.399. The van der Waals surface area contributed by atoms with Crippen molar-refractivity contribution in [1.82, 2.24) is 0 Å². The zero-order valence-corrected chi connectivity index (χ0v) is 8.69. The Labute approximate surface area is 83.6 Å². The predicted molar refractivity (Wildman–Crippen MR) is 51.7 cm³/mol. The highest BCUT2D eigenvalue weighted by atomic mass is 16.5. The van der Waals surface area contributed by atoms with E-state index in [0.29, 0.717) is 6.42 Å². The Morgan fingerprint density at radius 3 is 2.43 bits per heavy atom. The third-order valence-corrected chi connectivity index (χ3v) is 2.12. The molecule has 0 aliphatic heterocycles. The minimum atomic E-state index is -0.982. The van der Waals surface area contributed by atoms with Crippen molar-refractivity contribution in [3.8, 4) is 0 Å². The van der Waals surface area contributed by atoms with E-state index in [-0.39, 0.29) is 0 Å². The molecule has 0 heterocycles. The van der Waals surface area contributed by atoms with Crippen molar-refractivity contribution >= 4 is 11.9 Å². The van der Waals surface area contributed by atoms with Crippen LogP contribution in [0.25, 0.3) is 0 Å². The summed E-state index contributed by atoms with van der Waals surface area (Å²) >= 11 is 0. The highest BCUT2D eigenvalue weighted by molar-refractivity contribution is 5.80. The van der Waals surface area contributed by atoms with Gasteiger partial charge in [0, 0.05) is 0 Å². The summed E-state index contributed by atoms with van der Waals surface area (Å²) in [6.45, 7) is 3.33. The number of aliphatic carboxylic acids is 1. The average Bonchev–Trinajstić information content (AvgIpc) is 2.17. The number of carboxylic acid groups (broad SMARTS) is 1. The van der Waals surface area contributed by atoms with Crippen LogP contribution in [0, 0.1) is 11.8 Å². The smallest absolute Gasteiger partial charge is 0.309 e. The first-order chi connectivity index (χ1) is 6.54. The molecule has 0 radical (unpaired) electrons. The number of ether oxygens (including phenoxy) is 1. The first-order valence-corrected chi connectivity index (χ1v) is 4.46. The quantitative estimate of drug-likeness (QED) is 0.539. The molecule has 0 bridgehead atoms. The van der Waals surface area contributed by atoms with E-state index in [2.05, 4.69) is 4.74 Å². The van der Waals surface area contributed by atoms with Crippen LogP contribution in [-0.4, -0.2) is 24.2 Å². The third kappa shape index (κ3) is 3.60. The van der Waals surface area contributed by atoms with Crippen LogP contribution in [0.3, 0.4) is 0 Å². The van der Waals surface area contributed by atoms with Gasteiger partial charge in [0.1, 0.15) is 0 Å². The Kier molecular flexibility index (Phi) is 5.60. The average molecular weight is 200 g/mol. The van der Waals surface area contributed by atoms with Gasteiger partial charge in [-0.25, -0.2) is 0 Å². The number of allylic oxidation sites excluding steroid dienone is 2. The SMILES string of the molecule is C/C=C\C[C@@H](C(=O)OC)[C@H](C)C(=O)O. The van der Waals surface area contributed by atoms with Crippen LogP contribution in [0.1, 0.15) is 20.3 Å². The van der Waals surface area contributed by atoms with Crippen molar-refractivity contribution in [2.45, 2.75) is 20.3 Å². The number of esters is 1. The Hall–Kier alpha value is -1.32. The van der Waals surface area contributed by atoms with Crippen molar-refractivity contribution in [1.29, 1.82) is 0 Å². The van der Waals surface area contributed by atoms with Crippen molar-refractivity contribution in [3.63, 3.8) is 0 Å². The fourth-order valence-electron chi connectivity index (χ4n) is 1.11. The number of methoxy groups -OCH3 is 1. The van der Waals surface area contributed by atoms with Crippen molar-refractivity contribution in [2.24, 2.45) is 11.8 Å². The van der Waals surface area contributed by atoms with E-state index >= 15 is 0 Å². The molecule has 0 aromatic heterocycles. The predicted octanol–water partition coefficient (Wildman–Crippen LogP) is 1.46. The molecule has 0 rings (SSSR count). The molecular formula is C10H16O4. The van der Waals surface area contributed by atoms with E-state index in [9.17, 15) is 9.59 Å². The highest BCUT2D eigenvalue weighted by Gasteiger charge is 2.29. The van der Waals surface area contributed by atoms with Gasteiger partial charge in [-0.15, -0.1) is 0 Å². The maximum atomic E-state index is 11.2. The molecule has 0 spiro atoms. The van der Waals surface area contributed by atoms with Crippen LogP contribution < -0.4 is 0 Å². The summed E-state index contributed by atoms with van der Waals surface area (Å²) in [5, 5.41) is 8.76. The van der Waals surface area contributed by atoms with E-state index in [0.717, 1.165) is 0 Å². The fourth-order valence-corrected chi connectivity index (χ4v) is 1.11. The standard InChI is InChI=1S/C10H16O4/c1-4-5-6-8(10(13)14-3)7(2)9(11)12/h4-5,7-8H,6H2,1-3H3,(H,11,12)/b5-4-/t7-,8+/m0/s1. The highest BCUT2D eigenvalue weighted by Crippen LogP contribution is 2.18. The maximum absolute atomic E-state index is 11.2. The molecule has 2 atom stereocenters. The molecule has 0 aliphatic carbocycles. The lowest BCUT2D eigenvalue weighted by Crippen LogP contribution is -2.28. The monoisotopic (exact) mass is 200 g/mol. The minimum Gasteiger partial charge on any atom is -0.481 e. The van der Waals surface area contributed by atoms with E-state index < -0.39 is 23.8 Å². The zero-order valence-electron chi connectivity index (χ0n) is 8.69. The molecule has 0 amide bonds. The van der Waals surface area contributed by atoms with Crippen molar-refractivity contribution in [2.75, 3.05) is 7.11 Å². The van der Waals surface area contributed by atoms with Gasteiger partial charge in [0.15, 0.2) is 0 Å². The molecule has 1 N–H and O–H groups in total. The van der Waals surface area contributed by atoms with Crippen LogP contribution in [0.15, 0.2) is 12.2 Å². The first kappa shape index (κ1) is 12.7. The lowest BCUT2D eigenvalue weighted by molar-refractivity contribution is -0.154. The van der Waals surface area contributed by atoms with E-state index in [1.54, 1.807) is 12.2 Å². The third-order valence-electron chi connectivity index (χ3n) is 2.12. The molecule has 4 nitrogen and oxygen atoms in total. The van der Waals surface area contributed by atoms with Crippen LogP contribution in [0.4, 0.5) is 0 Å². The van der Waals surface area contributed by atoms with Crippen LogP contribution >= 0.6 is 0 Å². The summed E-state index contributed by atoms with van der Waals surface area (Å²) in [4.78, 5) is 21.9. The topological polar surface area (TPSA) is 63.6 Å². The Bertz CT molecular complexity index is 232. The normalized spacial score (nSPS) is 15.1. The van der Waals surface area contributed by atoms with Crippen molar-refractivity contribution < 1.29 is 19.4 Å². The van der Waals surface area contributed by atoms with Gasteiger partial charge in [-0.3, -0.25) is 9.59 Å². The first-order valence-electron chi connectivity index (χ1n) is 4.46. The van der Waals surface area contributed by atoms with Crippen LogP contribution in [0.2, 0.25) is 0 Å². The fraction of sp³-hybridized carbons (Fsp3) is 0.600. The van der Waals surface area contributed by atoms with Crippen molar-refractivity contribution in [3.05, 3.63) is 12.2 Å². The zero-order chi connectivity index (χ0) is 11.1. The van der Waals surface area contributed by atoms with E-state index in [1.165, 1.54) is 14.0 Å². The number of carbonyl (C=O) groups excluding carboxylic acids is 1. The maximum Gasteiger partial charge on any atom is 0.309 e. The molecule has 4 heteroatoms. The van der Waals surface area contributed by atoms with Gasteiger partial charge in [-0.1, -0.05) is 19.1 Å². The molecule has 80 valence electrons. The summed E-state index contributed by atoms with van der Waals surface area (Å²) < 4.78 is 4.54. The lowest BCUT2D eigenvalue weighted by atomic mass is 9.91. The largest absolute Gasteiger partial charge is 0.481 e. The Morgan fingerprint density at radius 2 is 2.07 bits per heavy atom. The molecule has 0 saturated heterocycles. The summed E-state index contributed by atoms with van der Waals surface area (Å²) in [7, 11) is 1.26. The van der Waals surface area contributed by atoms with Gasteiger partial charge in [0.25, 0.3) is 0 Å². The number of hydrogen-bond acceptors (Lipinski definition) is 3. The van der Waals surface area contributed by atoms with Crippen LogP contribution in [-0.2, 0) is 14.3 Å². The Morgan fingerprint density at radius 1 is 1.50 bits per heavy atom. The van der Waals surface area contributed by atoms with Gasteiger partial charge in [-0.2, -0.15) is 0 Å². The molecule has 0 saturated carbocycles. The summed E-state index contributed by atoms with van der Waals surface area (Å²) in [5.41, 5.74) is 0. The van der Waals surface area contributed by atoms with E-state index in [4.69, 9.17) is 5.11 Å². The van der Waals surface area contributed by atoms with E-state index in [1.807, 2.05) is 6.92 Å². The second-order valence-corrected chi connectivity index (χ2v) is 3.06. The number of carboxylic acids is 1. The van der Waals surface area contributed by atoms with Gasteiger partial charge < -0.3 is 9.84 Å². The molecular weight excluding hydrogens is 184 g/mol. The second kappa shape index (κ2) is 6.18. The van der Waals surface area contributed by atoms with Crippen LogP contribution in [0.5, 0.6) is 0 Å². The Balaban J connectivity index is 4.53. The van der Waals surface area contributed by atoms with Gasteiger partial charge in [0.05, 0.1) is 18.9 Å². The molecule has 0 aliphatic rings. The lowest BCUT2D eigenvalue weighted by Gasteiger charge is -2.16. The summed E-state index contributed by atoms with van der Waals surface area (Å²) in [6, 6.07) is 0. The number of rotatable bonds is 5. The summed E-state index contributed by atoms with van der Waals surface area (Å²) in [5.74, 6) is -2.78. The molecule has 0 aromatic rings. The molecule has 0 aromatic carbocycles.